The predicted molar refractivity (Wildman–Crippen MR) is 83.6 cm³/mol. The monoisotopic (exact) mass is 292 g/mol. The van der Waals surface area contributed by atoms with Crippen LogP contribution in [0.2, 0.25) is 0 Å². The van der Waals surface area contributed by atoms with Crippen LogP contribution in [0.4, 0.5) is 0 Å². The second-order valence-corrected chi connectivity index (χ2v) is 6.99. The Morgan fingerprint density at radius 1 is 1.40 bits per heavy atom. The summed E-state index contributed by atoms with van der Waals surface area (Å²) in [6.45, 7) is 4.95. The Balaban J connectivity index is 1.77. The first kappa shape index (κ1) is 14.1. The van der Waals surface area contributed by atoms with Crippen molar-refractivity contribution in [3.63, 3.8) is 0 Å². The van der Waals surface area contributed by atoms with Crippen LogP contribution in [0.5, 0.6) is 0 Å². The maximum Gasteiger partial charge on any atom is 0.264 e. The molecule has 1 fully saturated rings. The van der Waals surface area contributed by atoms with E-state index in [1.165, 1.54) is 36.1 Å². The van der Waals surface area contributed by atoms with Crippen LogP contribution in [-0.4, -0.2) is 36.5 Å². The van der Waals surface area contributed by atoms with Crippen LogP contribution >= 0.6 is 11.3 Å². The molecule has 4 heteroatoms. The lowest BCUT2D eigenvalue weighted by Gasteiger charge is -2.33. The standard InChI is InChI=1S/C16H24N2OS/c1-2-18(13-7-5-9-17-11-13)16(19)15-10-12-6-3-4-8-14(12)20-15/h10,13,17H,2-9,11H2,1H3. The molecule has 0 bridgehead atoms. The van der Waals surface area contributed by atoms with Crippen LogP contribution in [0.1, 0.15) is 52.7 Å². The molecule has 1 aromatic rings. The van der Waals surface area contributed by atoms with E-state index in [0.29, 0.717) is 6.04 Å². The molecule has 1 atom stereocenters. The summed E-state index contributed by atoms with van der Waals surface area (Å²) in [6.07, 6.45) is 7.21. The third kappa shape index (κ3) is 2.77. The van der Waals surface area contributed by atoms with Gasteiger partial charge in [-0.05, 0) is 63.6 Å². The largest absolute Gasteiger partial charge is 0.334 e. The average molecular weight is 292 g/mol. The van der Waals surface area contributed by atoms with Crippen molar-refractivity contribution in [2.24, 2.45) is 0 Å². The van der Waals surface area contributed by atoms with Crippen molar-refractivity contribution in [3.05, 3.63) is 21.4 Å². The van der Waals surface area contributed by atoms with Gasteiger partial charge in [0.05, 0.1) is 4.88 Å². The average Bonchev–Trinajstić information content (AvgIpc) is 2.93. The molecule has 1 unspecified atom stereocenters. The number of hydrogen-bond acceptors (Lipinski definition) is 3. The number of fused-ring (bicyclic) bond motifs is 1. The minimum Gasteiger partial charge on any atom is -0.334 e. The first-order valence-electron chi connectivity index (χ1n) is 7.93. The number of nitrogens with one attached hydrogen (secondary N) is 1. The first-order valence-corrected chi connectivity index (χ1v) is 8.74. The number of hydrogen-bond donors (Lipinski definition) is 1. The molecule has 1 N–H and O–H groups in total. The van der Waals surface area contributed by atoms with Crippen LogP contribution < -0.4 is 5.32 Å². The molecule has 1 aliphatic heterocycles. The van der Waals surface area contributed by atoms with Crippen molar-refractivity contribution in [1.29, 1.82) is 0 Å². The molecule has 1 saturated heterocycles. The summed E-state index contributed by atoms with van der Waals surface area (Å²) in [5.74, 6) is 0.251. The number of amides is 1. The zero-order valence-corrected chi connectivity index (χ0v) is 13.1. The van der Waals surface area contributed by atoms with Gasteiger partial charge >= 0.3 is 0 Å². The normalized spacial score (nSPS) is 22.4. The van der Waals surface area contributed by atoms with Gasteiger partial charge in [0.2, 0.25) is 0 Å². The maximum absolute atomic E-state index is 12.8. The van der Waals surface area contributed by atoms with Crippen molar-refractivity contribution < 1.29 is 4.79 Å². The van der Waals surface area contributed by atoms with Crippen molar-refractivity contribution in [2.75, 3.05) is 19.6 Å². The van der Waals surface area contributed by atoms with Crippen LogP contribution in [-0.2, 0) is 12.8 Å². The van der Waals surface area contributed by atoms with Gasteiger partial charge < -0.3 is 10.2 Å². The zero-order chi connectivity index (χ0) is 13.9. The number of piperidine rings is 1. The van der Waals surface area contributed by atoms with Crippen molar-refractivity contribution in [1.82, 2.24) is 10.2 Å². The van der Waals surface area contributed by atoms with E-state index in [1.54, 1.807) is 11.3 Å². The molecule has 0 spiro atoms. The van der Waals surface area contributed by atoms with Gasteiger partial charge in [-0.1, -0.05) is 0 Å². The molecule has 0 radical (unpaired) electrons. The Hall–Kier alpha value is -0.870. The third-order valence-electron chi connectivity index (χ3n) is 4.52. The molecule has 0 saturated carbocycles. The highest BCUT2D eigenvalue weighted by Crippen LogP contribution is 2.30. The van der Waals surface area contributed by atoms with Gasteiger partial charge in [-0.15, -0.1) is 11.3 Å². The number of thiophene rings is 1. The van der Waals surface area contributed by atoms with Crippen molar-refractivity contribution in [2.45, 2.75) is 51.5 Å². The highest BCUT2D eigenvalue weighted by Gasteiger charge is 2.27. The van der Waals surface area contributed by atoms with Crippen LogP contribution in [0, 0.1) is 0 Å². The molecule has 20 heavy (non-hydrogen) atoms. The summed E-state index contributed by atoms with van der Waals surface area (Å²) >= 11 is 1.74. The summed E-state index contributed by atoms with van der Waals surface area (Å²) in [5, 5.41) is 3.41. The number of aryl methyl sites for hydroxylation is 2. The van der Waals surface area contributed by atoms with E-state index in [4.69, 9.17) is 0 Å². The Labute approximate surface area is 125 Å². The van der Waals surface area contributed by atoms with Gasteiger partial charge in [0, 0.05) is 24.0 Å². The molecule has 3 nitrogen and oxygen atoms in total. The van der Waals surface area contributed by atoms with Gasteiger partial charge in [0.1, 0.15) is 0 Å². The van der Waals surface area contributed by atoms with E-state index < -0.39 is 0 Å². The van der Waals surface area contributed by atoms with Gasteiger partial charge in [0.25, 0.3) is 5.91 Å². The van der Waals surface area contributed by atoms with E-state index in [-0.39, 0.29) is 5.91 Å². The molecule has 2 aliphatic rings. The third-order valence-corrected chi connectivity index (χ3v) is 5.75. The van der Waals surface area contributed by atoms with E-state index in [9.17, 15) is 4.79 Å². The summed E-state index contributed by atoms with van der Waals surface area (Å²) in [4.78, 5) is 17.3. The number of carbonyl (C=O) groups excluding carboxylic acids is 1. The van der Waals surface area contributed by atoms with E-state index in [2.05, 4.69) is 23.2 Å². The number of rotatable bonds is 3. The number of likely N-dealkylation sites (N-methyl/N-ethyl adjacent to an activating group) is 1. The second kappa shape index (κ2) is 6.27. The SMILES string of the molecule is CCN(C(=O)c1cc2c(s1)CCCC2)C1CCCNC1. The highest BCUT2D eigenvalue weighted by atomic mass is 32.1. The topological polar surface area (TPSA) is 32.3 Å². The summed E-state index contributed by atoms with van der Waals surface area (Å²) in [5.41, 5.74) is 1.43. The molecule has 110 valence electrons. The van der Waals surface area contributed by atoms with E-state index >= 15 is 0 Å². The molecule has 1 aromatic heterocycles. The zero-order valence-electron chi connectivity index (χ0n) is 12.3. The molecule has 1 amide bonds. The Morgan fingerprint density at radius 2 is 2.25 bits per heavy atom. The summed E-state index contributed by atoms with van der Waals surface area (Å²) in [6, 6.07) is 2.54. The molecule has 2 heterocycles. The van der Waals surface area contributed by atoms with Crippen molar-refractivity contribution in [3.8, 4) is 0 Å². The Bertz CT molecular complexity index is 453. The first-order chi connectivity index (χ1) is 9.79. The fraction of sp³-hybridized carbons (Fsp3) is 0.688. The predicted octanol–water partition coefficient (Wildman–Crippen LogP) is 2.84. The van der Waals surface area contributed by atoms with Gasteiger partial charge in [-0.25, -0.2) is 0 Å². The highest BCUT2D eigenvalue weighted by molar-refractivity contribution is 7.14. The minimum absolute atomic E-state index is 0.251. The lowest BCUT2D eigenvalue weighted by Crippen LogP contribution is -2.48. The quantitative estimate of drug-likeness (QED) is 0.929. The smallest absolute Gasteiger partial charge is 0.264 e. The minimum atomic E-state index is 0.251. The molecule has 1 aliphatic carbocycles. The molecular formula is C16H24N2OS. The lowest BCUT2D eigenvalue weighted by molar-refractivity contribution is 0.0667. The Kier molecular flexibility index (Phi) is 4.41. The van der Waals surface area contributed by atoms with Crippen LogP contribution in [0.3, 0.4) is 0 Å². The fourth-order valence-electron chi connectivity index (χ4n) is 3.40. The fourth-order valence-corrected chi connectivity index (χ4v) is 4.61. The summed E-state index contributed by atoms with van der Waals surface area (Å²) < 4.78 is 0. The number of nitrogens with zero attached hydrogens (tertiary/aromatic N) is 1. The van der Waals surface area contributed by atoms with E-state index in [1.807, 2.05) is 0 Å². The molecular weight excluding hydrogens is 268 g/mol. The van der Waals surface area contributed by atoms with Crippen molar-refractivity contribution >= 4 is 17.2 Å². The van der Waals surface area contributed by atoms with Crippen LogP contribution in [0.15, 0.2) is 6.07 Å². The molecule has 0 aromatic carbocycles. The van der Waals surface area contributed by atoms with Gasteiger partial charge in [-0.2, -0.15) is 0 Å². The van der Waals surface area contributed by atoms with Gasteiger partial charge in [0.15, 0.2) is 0 Å². The summed E-state index contributed by atoms with van der Waals surface area (Å²) in [7, 11) is 0. The van der Waals surface area contributed by atoms with E-state index in [0.717, 1.165) is 37.4 Å². The molecule has 3 rings (SSSR count). The number of carbonyl (C=O) groups is 1. The second-order valence-electron chi connectivity index (χ2n) is 5.86. The Morgan fingerprint density at radius 3 is 2.95 bits per heavy atom. The maximum atomic E-state index is 12.8. The lowest BCUT2D eigenvalue weighted by atomic mass is 9.99. The van der Waals surface area contributed by atoms with Gasteiger partial charge in [-0.3, -0.25) is 4.79 Å². The van der Waals surface area contributed by atoms with Crippen LogP contribution in [0.25, 0.3) is 0 Å².